The predicted octanol–water partition coefficient (Wildman–Crippen LogP) is 4.27. The molecule has 128 valence electrons. The SMILES string of the molecule is CCOC(=O)c1cc(CC)sc1NC(=O)COc1cccc(Br)c1. The van der Waals surface area contributed by atoms with Gasteiger partial charge in [0.2, 0.25) is 0 Å². The van der Waals surface area contributed by atoms with Crippen molar-refractivity contribution < 1.29 is 19.1 Å². The van der Waals surface area contributed by atoms with E-state index in [9.17, 15) is 9.59 Å². The largest absolute Gasteiger partial charge is 0.484 e. The Balaban J connectivity index is 2.02. The third-order valence-electron chi connectivity index (χ3n) is 3.05. The first-order valence-electron chi connectivity index (χ1n) is 7.51. The second-order valence-corrected chi connectivity index (χ2v) is 6.88. The maximum absolute atomic E-state index is 12.1. The lowest BCUT2D eigenvalue weighted by atomic mass is 10.2. The van der Waals surface area contributed by atoms with Crippen LogP contribution in [-0.2, 0) is 16.0 Å². The zero-order valence-corrected chi connectivity index (χ0v) is 15.8. The Hall–Kier alpha value is -1.86. The van der Waals surface area contributed by atoms with Crippen LogP contribution < -0.4 is 10.1 Å². The second-order valence-electron chi connectivity index (χ2n) is 4.82. The molecule has 0 aliphatic carbocycles. The number of benzene rings is 1. The van der Waals surface area contributed by atoms with E-state index in [1.807, 2.05) is 19.1 Å². The van der Waals surface area contributed by atoms with E-state index in [0.717, 1.165) is 15.8 Å². The van der Waals surface area contributed by atoms with Crippen molar-refractivity contribution in [3.63, 3.8) is 0 Å². The number of ether oxygens (including phenoxy) is 2. The number of aryl methyl sites for hydroxylation is 1. The number of rotatable bonds is 7. The van der Waals surface area contributed by atoms with Crippen LogP contribution in [0.15, 0.2) is 34.8 Å². The van der Waals surface area contributed by atoms with E-state index in [1.165, 1.54) is 11.3 Å². The van der Waals surface area contributed by atoms with E-state index < -0.39 is 5.97 Å². The van der Waals surface area contributed by atoms with Crippen LogP contribution in [-0.4, -0.2) is 25.1 Å². The molecule has 0 saturated carbocycles. The number of nitrogens with one attached hydrogen (secondary N) is 1. The number of esters is 1. The topological polar surface area (TPSA) is 64.6 Å². The van der Waals surface area contributed by atoms with Crippen LogP contribution >= 0.6 is 27.3 Å². The number of carbonyl (C=O) groups excluding carboxylic acids is 2. The average molecular weight is 412 g/mol. The average Bonchev–Trinajstić information content (AvgIpc) is 2.96. The molecule has 2 aromatic rings. The predicted molar refractivity (Wildman–Crippen MR) is 97.9 cm³/mol. The fourth-order valence-electron chi connectivity index (χ4n) is 1.94. The monoisotopic (exact) mass is 411 g/mol. The molecule has 1 heterocycles. The molecule has 0 fully saturated rings. The molecule has 0 atom stereocenters. The van der Waals surface area contributed by atoms with Gasteiger partial charge in [0.25, 0.3) is 5.91 Å². The fourth-order valence-corrected chi connectivity index (χ4v) is 3.32. The molecule has 5 nitrogen and oxygen atoms in total. The normalized spacial score (nSPS) is 10.3. The van der Waals surface area contributed by atoms with Crippen LogP contribution in [0.2, 0.25) is 0 Å². The van der Waals surface area contributed by atoms with Crippen molar-refractivity contribution >= 4 is 44.1 Å². The maximum Gasteiger partial charge on any atom is 0.341 e. The smallest absolute Gasteiger partial charge is 0.341 e. The van der Waals surface area contributed by atoms with Crippen molar-refractivity contribution in [3.8, 4) is 5.75 Å². The van der Waals surface area contributed by atoms with Crippen molar-refractivity contribution in [1.29, 1.82) is 0 Å². The van der Waals surface area contributed by atoms with E-state index in [-0.39, 0.29) is 19.1 Å². The molecule has 0 unspecified atom stereocenters. The van der Waals surface area contributed by atoms with Crippen LogP contribution in [0.5, 0.6) is 5.75 Å². The molecule has 1 N–H and O–H groups in total. The van der Waals surface area contributed by atoms with Crippen molar-refractivity contribution in [3.05, 3.63) is 45.2 Å². The summed E-state index contributed by atoms with van der Waals surface area (Å²) in [5.41, 5.74) is 0.384. The van der Waals surface area contributed by atoms with Crippen LogP contribution in [0.3, 0.4) is 0 Å². The Kier molecular flexibility index (Phi) is 6.81. The Morgan fingerprint density at radius 2 is 2.04 bits per heavy atom. The van der Waals surface area contributed by atoms with Gasteiger partial charge >= 0.3 is 5.97 Å². The van der Waals surface area contributed by atoms with E-state index in [4.69, 9.17) is 9.47 Å². The minimum Gasteiger partial charge on any atom is -0.484 e. The third kappa shape index (κ3) is 5.07. The van der Waals surface area contributed by atoms with E-state index >= 15 is 0 Å². The van der Waals surface area contributed by atoms with Crippen LogP contribution in [0.4, 0.5) is 5.00 Å². The molecule has 1 aromatic heterocycles. The molecular weight excluding hydrogens is 394 g/mol. The quantitative estimate of drug-likeness (QED) is 0.690. The first-order chi connectivity index (χ1) is 11.5. The Morgan fingerprint density at radius 3 is 2.71 bits per heavy atom. The molecule has 0 aliphatic rings. The van der Waals surface area contributed by atoms with E-state index in [2.05, 4.69) is 21.2 Å². The van der Waals surface area contributed by atoms with Gasteiger partial charge in [-0.25, -0.2) is 4.79 Å². The summed E-state index contributed by atoms with van der Waals surface area (Å²) in [7, 11) is 0. The summed E-state index contributed by atoms with van der Waals surface area (Å²) in [5.74, 6) is -0.174. The number of hydrogen-bond donors (Lipinski definition) is 1. The van der Waals surface area contributed by atoms with Gasteiger partial charge in [0.1, 0.15) is 10.8 Å². The van der Waals surface area contributed by atoms with Gasteiger partial charge in [0, 0.05) is 9.35 Å². The number of halogens is 1. The Bertz CT molecular complexity index is 729. The molecule has 1 aromatic carbocycles. The highest BCUT2D eigenvalue weighted by Gasteiger charge is 2.18. The highest BCUT2D eigenvalue weighted by molar-refractivity contribution is 9.10. The Labute approximate surface area is 153 Å². The third-order valence-corrected chi connectivity index (χ3v) is 4.73. The molecule has 0 aliphatic heterocycles. The first-order valence-corrected chi connectivity index (χ1v) is 9.12. The molecule has 2 rings (SSSR count). The second kappa shape index (κ2) is 8.84. The van der Waals surface area contributed by atoms with Crippen molar-refractivity contribution in [2.45, 2.75) is 20.3 Å². The molecule has 0 spiro atoms. The highest BCUT2D eigenvalue weighted by atomic mass is 79.9. The maximum atomic E-state index is 12.1. The number of thiophene rings is 1. The van der Waals surface area contributed by atoms with Crippen molar-refractivity contribution in [1.82, 2.24) is 0 Å². The molecule has 7 heteroatoms. The van der Waals surface area contributed by atoms with Gasteiger partial charge in [-0.1, -0.05) is 28.9 Å². The summed E-state index contributed by atoms with van der Waals surface area (Å²) in [5, 5.41) is 3.23. The molecule has 1 amide bonds. The standard InChI is InChI=1S/C17H18BrNO4S/c1-3-13-9-14(17(21)22-4-2)16(24-13)19-15(20)10-23-12-7-5-6-11(18)8-12/h5-9H,3-4,10H2,1-2H3,(H,19,20). The summed E-state index contributed by atoms with van der Waals surface area (Å²) in [6.45, 7) is 3.88. The van der Waals surface area contributed by atoms with Gasteiger partial charge in [0.05, 0.1) is 12.2 Å². The lowest BCUT2D eigenvalue weighted by Crippen LogP contribution is -2.21. The zero-order chi connectivity index (χ0) is 17.5. The summed E-state index contributed by atoms with van der Waals surface area (Å²) in [6, 6.07) is 8.99. The molecule has 0 bridgehead atoms. The zero-order valence-electron chi connectivity index (χ0n) is 13.4. The molecule has 24 heavy (non-hydrogen) atoms. The highest BCUT2D eigenvalue weighted by Crippen LogP contribution is 2.29. The molecular formula is C17H18BrNO4S. The van der Waals surface area contributed by atoms with Gasteiger partial charge in [0.15, 0.2) is 6.61 Å². The summed E-state index contributed by atoms with van der Waals surface area (Å²) >= 11 is 4.71. The minimum absolute atomic E-state index is 0.141. The molecule has 0 saturated heterocycles. The lowest BCUT2D eigenvalue weighted by Gasteiger charge is -2.08. The van der Waals surface area contributed by atoms with Crippen LogP contribution in [0.1, 0.15) is 29.1 Å². The number of anilines is 1. The summed E-state index contributed by atoms with van der Waals surface area (Å²) in [6.07, 6.45) is 0.779. The fraction of sp³-hybridized carbons (Fsp3) is 0.294. The summed E-state index contributed by atoms with van der Waals surface area (Å²) in [4.78, 5) is 25.1. The van der Waals surface area contributed by atoms with Gasteiger partial charge in [-0.3, -0.25) is 4.79 Å². The first kappa shape index (κ1) is 18.5. The number of carbonyl (C=O) groups is 2. The van der Waals surface area contributed by atoms with Gasteiger partial charge in [-0.05, 0) is 37.6 Å². The van der Waals surface area contributed by atoms with E-state index in [1.54, 1.807) is 25.1 Å². The number of amides is 1. The van der Waals surface area contributed by atoms with Gasteiger partial charge < -0.3 is 14.8 Å². The van der Waals surface area contributed by atoms with Gasteiger partial charge in [-0.2, -0.15) is 0 Å². The Morgan fingerprint density at radius 1 is 1.25 bits per heavy atom. The van der Waals surface area contributed by atoms with Crippen LogP contribution in [0.25, 0.3) is 0 Å². The summed E-state index contributed by atoms with van der Waals surface area (Å²) < 4.78 is 11.3. The minimum atomic E-state index is -0.434. The number of hydrogen-bond acceptors (Lipinski definition) is 5. The lowest BCUT2D eigenvalue weighted by molar-refractivity contribution is -0.118. The van der Waals surface area contributed by atoms with Gasteiger partial charge in [-0.15, -0.1) is 11.3 Å². The van der Waals surface area contributed by atoms with Crippen LogP contribution in [0, 0.1) is 0 Å². The molecule has 0 radical (unpaired) electrons. The van der Waals surface area contributed by atoms with Crippen molar-refractivity contribution in [2.75, 3.05) is 18.5 Å². The van der Waals surface area contributed by atoms with E-state index in [0.29, 0.717) is 16.3 Å². The van der Waals surface area contributed by atoms with Crippen molar-refractivity contribution in [2.24, 2.45) is 0 Å².